The Balaban J connectivity index is 2.33. The summed E-state index contributed by atoms with van der Waals surface area (Å²) < 4.78 is 4.44. The molecule has 4 nitrogen and oxygen atoms in total. The first-order valence-electron chi connectivity index (χ1n) is 5.26. The largest absolute Gasteiger partial charge is 0.464 e. The molecule has 0 aromatic rings. The number of hydrogen-bond donors (Lipinski definition) is 0. The standard InChI is InChI=1S/C11H13BrN2O2S/c1-3-16-10(15)9-11(12,17-2)13-8-6-4-5-7-14(8)9/h4-7,9H,3H2,1-2H3. The minimum atomic E-state index is -0.673. The molecule has 17 heavy (non-hydrogen) atoms. The topological polar surface area (TPSA) is 41.9 Å². The average molecular weight is 317 g/mol. The summed E-state index contributed by atoms with van der Waals surface area (Å²) in [4.78, 5) is 18.4. The van der Waals surface area contributed by atoms with Crippen LogP contribution in [-0.2, 0) is 9.53 Å². The minimum Gasteiger partial charge on any atom is -0.464 e. The van der Waals surface area contributed by atoms with Crippen LogP contribution in [0.4, 0.5) is 0 Å². The number of fused-ring (bicyclic) bond motifs is 1. The Labute approximate surface area is 113 Å². The van der Waals surface area contributed by atoms with Gasteiger partial charge in [0, 0.05) is 6.20 Å². The third-order valence-electron chi connectivity index (χ3n) is 2.55. The van der Waals surface area contributed by atoms with Gasteiger partial charge in [0.15, 0.2) is 9.82 Å². The van der Waals surface area contributed by atoms with E-state index in [9.17, 15) is 4.79 Å². The van der Waals surface area contributed by atoms with Gasteiger partial charge in [0.1, 0.15) is 5.84 Å². The van der Waals surface area contributed by atoms with Crippen molar-refractivity contribution in [2.75, 3.05) is 12.9 Å². The van der Waals surface area contributed by atoms with Gasteiger partial charge >= 0.3 is 5.97 Å². The monoisotopic (exact) mass is 316 g/mol. The number of halogens is 1. The Hall–Kier alpha value is -0.750. The van der Waals surface area contributed by atoms with Gasteiger partial charge in [0.05, 0.1) is 6.61 Å². The summed E-state index contributed by atoms with van der Waals surface area (Å²) in [5, 5.41) is 0. The van der Waals surface area contributed by atoms with Gasteiger partial charge in [-0.05, 0) is 41.3 Å². The quantitative estimate of drug-likeness (QED) is 0.454. The molecule has 0 saturated carbocycles. The number of alkyl halides is 1. The van der Waals surface area contributed by atoms with Crippen LogP contribution in [0.25, 0.3) is 0 Å². The summed E-state index contributed by atoms with van der Waals surface area (Å²) in [7, 11) is 0. The van der Waals surface area contributed by atoms with E-state index in [4.69, 9.17) is 4.74 Å². The smallest absolute Gasteiger partial charge is 0.333 e. The first-order valence-corrected chi connectivity index (χ1v) is 7.28. The molecule has 0 saturated heterocycles. The maximum absolute atomic E-state index is 12.0. The fourth-order valence-corrected chi connectivity index (χ4v) is 2.99. The molecule has 2 aliphatic heterocycles. The van der Waals surface area contributed by atoms with Crippen molar-refractivity contribution in [3.63, 3.8) is 0 Å². The summed E-state index contributed by atoms with van der Waals surface area (Å²) in [5.74, 6) is 0.509. The lowest BCUT2D eigenvalue weighted by atomic mass is 10.2. The molecule has 0 aromatic heterocycles. The zero-order chi connectivity index (χ0) is 12.5. The number of amidine groups is 1. The molecule has 0 aliphatic carbocycles. The maximum atomic E-state index is 12.0. The number of allylic oxidation sites excluding steroid dienone is 2. The molecule has 0 bridgehead atoms. The summed E-state index contributed by atoms with van der Waals surface area (Å²) >= 11 is 5.02. The second-order valence-corrected chi connectivity index (χ2v) is 6.31. The highest BCUT2D eigenvalue weighted by atomic mass is 79.9. The molecule has 0 fully saturated rings. The van der Waals surface area contributed by atoms with Crippen LogP contribution in [0, 0.1) is 0 Å². The molecule has 0 radical (unpaired) electrons. The van der Waals surface area contributed by atoms with E-state index in [2.05, 4.69) is 20.9 Å². The normalized spacial score (nSPS) is 30.2. The van der Waals surface area contributed by atoms with E-state index in [0.29, 0.717) is 6.61 Å². The average Bonchev–Trinajstić information content (AvgIpc) is 2.62. The van der Waals surface area contributed by atoms with Crippen LogP contribution in [0.3, 0.4) is 0 Å². The number of hydrogen-bond acceptors (Lipinski definition) is 5. The fourth-order valence-electron chi connectivity index (χ4n) is 1.79. The van der Waals surface area contributed by atoms with E-state index in [1.54, 1.807) is 6.92 Å². The molecule has 0 amide bonds. The number of carbonyl (C=O) groups is 1. The van der Waals surface area contributed by atoms with Gasteiger partial charge in [-0.2, -0.15) is 0 Å². The van der Waals surface area contributed by atoms with Gasteiger partial charge < -0.3 is 9.64 Å². The van der Waals surface area contributed by atoms with E-state index in [-0.39, 0.29) is 5.97 Å². The van der Waals surface area contributed by atoms with Gasteiger partial charge in [0.2, 0.25) is 0 Å². The molecule has 2 aliphatic rings. The van der Waals surface area contributed by atoms with Gasteiger partial charge in [-0.15, -0.1) is 11.8 Å². The summed E-state index contributed by atoms with van der Waals surface area (Å²) in [5.41, 5.74) is 0. The predicted molar refractivity (Wildman–Crippen MR) is 73.1 cm³/mol. The van der Waals surface area contributed by atoms with Gasteiger partial charge in [-0.3, -0.25) is 0 Å². The van der Waals surface area contributed by atoms with E-state index in [1.807, 2.05) is 35.6 Å². The minimum absolute atomic E-state index is 0.266. The van der Waals surface area contributed by atoms with Crippen molar-refractivity contribution in [1.82, 2.24) is 4.90 Å². The summed E-state index contributed by atoms with van der Waals surface area (Å²) in [6, 6.07) is -0.464. The van der Waals surface area contributed by atoms with Crippen molar-refractivity contribution in [3.8, 4) is 0 Å². The van der Waals surface area contributed by atoms with Crippen LogP contribution < -0.4 is 0 Å². The summed E-state index contributed by atoms with van der Waals surface area (Å²) in [6.07, 6.45) is 9.42. The zero-order valence-corrected chi connectivity index (χ0v) is 12.0. The second kappa shape index (κ2) is 4.86. The van der Waals surface area contributed by atoms with Gasteiger partial charge in [0.25, 0.3) is 0 Å². The predicted octanol–water partition coefficient (Wildman–Crippen LogP) is 2.13. The Morgan fingerprint density at radius 3 is 3.12 bits per heavy atom. The number of esters is 1. The number of ether oxygens (including phenoxy) is 1. The molecule has 0 aromatic carbocycles. The van der Waals surface area contributed by atoms with E-state index >= 15 is 0 Å². The molecule has 2 rings (SSSR count). The third-order valence-corrected chi connectivity index (χ3v) is 5.02. The van der Waals surface area contributed by atoms with E-state index in [0.717, 1.165) is 5.84 Å². The molecule has 2 unspecified atom stereocenters. The van der Waals surface area contributed by atoms with Crippen LogP contribution in [-0.4, -0.2) is 39.4 Å². The molecule has 0 spiro atoms. The van der Waals surface area contributed by atoms with Crippen molar-refractivity contribution in [2.24, 2.45) is 4.99 Å². The number of carbonyl (C=O) groups excluding carboxylic acids is 1. The van der Waals surface area contributed by atoms with Gasteiger partial charge in [-0.25, -0.2) is 9.79 Å². The van der Waals surface area contributed by atoms with Crippen LogP contribution in [0.1, 0.15) is 6.92 Å². The number of thioether (sulfide) groups is 1. The Bertz CT molecular complexity index is 422. The van der Waals surface area contributed by atoms with Crippen molar-refractivity contribution in [2.45, 2.75) is 16.7 Å². The van der Waals surface area contributed by atoms with Crippen LogP contribution >= 0.6 is 27.7 Å². The molecule has 92 valence electrons. The first kappa shape index (κ1) is 12.7. The Morgan fingerprint density at radius 2 is 2.47 bits per heavy atom. The Morgan fingerprint density at radius 1 is 1.71 bits per heavy atom. The van der Waals surface area contributed by atoms with Crippen molar-refractivity contribution < 1.29 is 9.53 Å². The highest BCUT2D eigenvalue weighted by Gasteiger charge is 2.51. The van der Waals surface area contributed by atoms with Crippen LogP contribution in [0.5, 0.6) is 0 Å². The second-order valence-electron chi connectivity index (χ2n) is 3.55. The number of rotatable bonds is 3. The van der Waals surface area contributed by atoms with Crippen LogP contribution in [0.15, 0.2) is 29.4 Å². The van der Waals surface area contributed by atoms with Crippen molar-refractivity contribution in [1.29, 1.82) is 0 Å². The molecular weight excluding hydrogens is 304 g/mol. The maximum Gasteiger partial charge on any atom is 0.333 e. The lowest BCUT2D eigenvalue weighted by Crippen LogP contribution is -2.46. The molecule has 2 heterocycles. The number of aliphatic imine (C=N–C) groups is 1. The SMILES string of the molecule is CCOC(=O)C1N2C=CC=CC2=NC1(Br)SC. The van der Waals surface area contributed by atoms with E-state index < -0.39 is 9.82 Å². The Kier molecular flexibility index (Phi) is 3.63. The summed E-state index contributed by atoms with van der Waals surface area (Å²) in [6.45, 7) is 2.17. The highest BCUT2D eigenvalue weighted by molar-refractivity contribution is 9.12. The molecule has 2 atom stereocenters. The fraction of sp³-hybridized carbons (Fsp3) is 0.455. The van der Waals surface area contributed by atoms with Crippen molar-refractivity contribution >= 4 is 39.5 Å². The van der Waals surface area contributed by atoms with Crippen molar-refractivity contribution in [3.05, 3.63) is 24.4 Å². The zero-order valence-electron chi connectivity index (χ0n) is 9.59. The molecular formula is C11H13BrN2O2S. The first-order chi connectivity index (χ1) is 8.12. The van der Waals surface area contributed by atoms with Crippen LogP contribution in [0.2, 0.25) is 0 Å². The molecule has 0 N–H and O–H groups in total. The third kappa shape index (κ3) is 2.15. The number of nitrogens with zero attached hydrogens (tertiary/aromatic N) is 2. The lowest BCUT2D eigenvalue weighted by molar-refractivity contribution is -0.147. The molecule has 6 heteroatoms. The highest BCUT2D eigenvalue weighted by Crippen LogP contribution is 2.44. The lowest BCUT2D eigenvalue weighted by Gasteiger charge is -2.29. The van der Waals surface area contributed by atoms with Gasteiger partial charge in [-0.1, -0.05) is 6.08 Å². The van der Waals surface area contributed by atoms with E-state index in [1.165, 1.54) is 11.8 Å².